The summed E-state index contributed by atoms with van der Waals surface area (Å²) in [6.45, 7) is 6.75. The smallest absolute Gasteiger partial charge is 0.164 e. The number of hydrogen-bond acceptors (Lipinski definition) is 2. The topological polar surface area (TPSA) is 20.3 Å². The molecule has 1 aliphatic rings. The van der Waals surface area contributed by atoms with E-state index in [1.165, 1.54) is 25.8 Å². The first-order valence-electron chi connectivity index (χ1n) is 8.06. The largest absolute Gasteiger partial charge is 0.368 e. The lowest BCUT2D eigenvalue weighted by Gasteiger charge is -2.33. The average Bonchev–Trinajstić information content (AvgIpc) is 2.92. The van der Waals surface area contributed by atoms with Gasteiger partial charge in [0.2, 0.25) is 0 Å². The maximum atomic E-state index is 14.1. The van der Waals surface area contributed by atoms with Crippen molar-refractivity contribution in [2.24, 2.45) is 5.92 Å². The summed E-state index contributed by atoms with van der Waals surface area (Å²) in [6.07, 6.45) is 5.81. The van der Waals surface area contributed by atoms with Crippen molar-refractivity contribution in [3.05, 3.63) is 29.6 Å². The Morgan fingerprint density at radius 2 is 2.00 bits per heavy atom. The molecule has 0 bridgehead atoms. The van der Waals surface area contributed by atoms with Crippen LogP contribution in [0.15, 0.2) is 18.2 Å². The van der Waals surface area contributed by atoms with Crippen molar-refractivity contribution in [2.45, 2.75) is 58.9 Å². The van der Waals surface area contributed by atoms with Crippen molar-refractivity contribution in [1.29, 1.82) is 0 Å². The van der Waals surface area contributed by atoms with Crippen molar-refractivity contribution >= 4 is 11.5 Å². The van der Waals surface area contributed by atoms with E-state index in [0.717, 1.165) is 31.5 Å². The summed E-state index contributed by atoms with van der Waals surface area (Å²) in [6, 6.07) is 5.45. The molecular weight excluding hydrogens is 265 g/mol. The second-order valence-electron chi connectivity index (χ2n) is 6.50. The first-order valence-corrected chi connectivity index (χ1v) is 8.06. The molecule has 21 heavy (non-hydrogen) atoms. The van der Waals surface area contributed by atoms with Crippen molar-refractivity contribution in [3.8, 4) is 0 Å². The number of nitrogens with zero attached hydrogens (tertiary/aromatic N) is 1. The Bertz CT molecular complexity index is 492. The van der Waals surface area contributed by atoms with E-state index in [1.54, 1.807) is 6.07 Å². The summed E-state index contributed by atoms with van der Waals surface area (Å²) < 4.78 is 14.1. The van der Waals surface area contributed by atoms with Gasteiger partial charge in [-0.2, -0.15) is 0 Å². The first kappa shape index (κ1) is 16.0. The molecule has 0 amide bonds. The van der Waals surface area contributed by atoms with Crippen LogP contribution in [0.2, 0.25) is 0 Å². The summed E-state index contributed by atoms with van der Waals surface area (Å²) in [5, 5.41) is 0. The Morgan fingerprint density at radius 1 is 1.33 bits per heavy atom. The number of ketones is 1. The van der Waals surface area contributed by atoms with Gasteiger partial charge < -0.3 is 4.90 Å². The summed E-state index contributed by atoms with van der Waals surface area (Å²) in [4.78, 5) is 14.2. The normalized spacial score (nSPS) is 15.7. The van der Waals surface area contributed by atoms with Crippen LogP contribution in [0.4, 0.5) is 10.1 Å². The maximum absolute atomic E-state index is 14.1. The Kier molecular flexibility index (Phi) is 5.38. The number of hydrogen-bond donors (Lipinski definition) is 0. The van der Waals surface area contributed by atoms with E-state index in [9.17, 15) is 9.18 Å². The molecule has 3 heteroatoms. The fraction of sp³-hybridized carbons (Fsp3) is 0.611. The number of benzene rings is 1. The quantitative estimate of drug-likeness (QED) is 0.700. The standard InChI is InChI=1S/C18H26FNO/c1-13(2)11-12-20(15-7-4-5-8-15)17-10-6-9-16(19)18(17)14(3)21/h6,9-10,13,15H,4-5,7-8,11-12H2,1-3H3. The van der Waals surface area contributed by atoms with Crippen molar-refractivity contribution in [1.82, 2.24) is 0 Å². The zero-order valence-electron chi connectivity index (χ0n) is 13.4. The molecule has 0 heterocycles. The van der Waals surface area contributed by atoms with Gasteiger partial charge in [-0.05, 0) is 44.2 Å². The number of Topliss-reactive ketones (excluding diaryl/α,β-unsaturated/α-hetero) is 1. The van der Waals surface area contributed by atoms with Crippen LogP contribution in [0, 0.1) is 11.7 Å². The fourth-order valence-electron chi connectivity index (χ4n) is 3.21. The van der Waals surface area contributed by atoms with E-state index in [-0.39, 0.29) is 11.3 Å². The summed E-state index contributed by atoms with van der Waals surface area (Å²) in [5.74, 6) is 0.0198. The SMILES string of the molecule is CC(=O)c1c(F)cccc1N(CCC(C)C)C1CCCC1. The maximum Gasteiger partial charge on any atom is 0.164 e. The molecule has 0 saturated heterocycles. The molecule has 0 N–H and O–H groups in total. The highest BCUT2D eigenvalue weighted by Gasteiger charge is 2.26. The third kappa shape index (κ3) is 3.84. The number of rotatable bonds is 6. The second-order valence-corrected chi connectivity index (χ2v) is 6.50. The molecule has 1 fully saturated rings. The lowest BCUT2D eigenvalue weighted by molar-refractivity contribution is 0.101. The van der Waals surface area contributed by atoms with E-state index in [4.69, 9.17) is 0 Å². The minimum Gasteiger partial charge on any atom is -0.368 e. The lowest BCUT2D eigenvalue weighted by Crippen LogP contribution is -2.36. The van der Waals surface area contributed by atoms with Gasteiger partial charge in [0, 0.05) is 12.6 Å². The molecule has 2 rings (SSSR count). The molecule has 0 unspecified atom stereocenters. The van der Waals surface area contributed by atoms with Gasteiger partial charge in [0.05, 0.1) is 11.3 Å². The zero-order chi connectivity index (χ0) is 15.4. The Hall–Kier alpha value is -1.38. The molecule has 0 aromatic heterocycles. The number of carbonyl (C=O) groups is 1. The molecule has 1 aromatic rings. The predicted octanol–water partition coefficient (Wildman–Crippen LogP) is 4.82. The van der Waals surface area contributed by atoms with E-state index in [1.807, 2.05) is 6.07 Å². The summed E-state index contributed by atoms with van der Waals surface area (Å²) in [7, 11) is 0. The first-order chi connectivity index (χ1) is 10.0. The van der Waals surface area contributed by atoms with Gasteiger partial charge in [-0.1, -0.05) is 32.8 Å². The minimum atomic E-state index is -0.396. The molecule has 2 nitrogen and oxygen atoms in total. The van der Waals surface area contributed by atoms with Crippen LogP contribution >= 0.6 is 0 Å². The summed E-state index contributed by atoms with van der Waals surface area (Å²) in [5.41, 5.74) is 1.04. The van der Waals surface area contributed by atoms with Gasteiger partial charge >= 0.3 is 0 Å². The molecule has 116 valence electrons. The molecule has 0 aliphatic heterocycles. The lowest BCUT2D eigenvalue weighted by atomic mass is 10.0. The molecule has 1 aliphatic carbocycles. The highest BCUT2D eigenvalue weighted by molar-refractivity contribution is 6.00. The molecule has 0 radical (unpaired) electrons. The van der Waals surface area contributed by atoms with Crippen LogP contribution in [0.3, 0.4) is 0 Å². The van der Waals surface area contributed by atoms with Crippen LogP contribution in [0.1, 0.15) is 63.2 Å². The third-order valence-corrected chi connectivity index (χ3v) is 4.37. The number of carbonyl (C=O) groups excluding carboxylic acids is 1. The van der Waals surface area contributed by atoms with E-state index >= 15 is 0 Å². The monoisotopic (exact) mass is 291 g/mol. The van der Waals surface area contributed by atoms with Crippen LogP contribution in [0.5, 0.6) is 0 Å². The summed E-state index contributed by atoms with van der Waals surface area (Å²) >= 11 is 0. The Morgan fingerprint density at radius 3 is 2.57 bits per heavy atom. The van der Waals surface area contributed by atoms with Crippen molar-refractivity contribution in [3.63, 3.8) is 0 Å². The highest BCUT2D eigenvalue weighted by Crippen LogP contribution is 2.32. The molecule has 1 saturated carbocycles. The average molecular weight is 291 g/mol. The van der Waals surface area contributed by atoms with Crippen LogP contribution in [-0.4, -0.2) is 18.4 Å². The van der Waals surface area contributed by atoms with E-state index < -0.39 is 5.82 Å². The predicted molar refractivity (Wildman–Crippen MR) is 85.5 cm³/mol. The number of halogens is 1. The van der Waals surface area contributed by atoms with Gasteiger partial charge in [-0.3, -0.25) is 4.79 Å². The van der Waals surface area contributed by atoms with Gasteiger partial charge in [0.25, 0.3) is 0 Å². The fourth-order valence-corrected chi connectivity index (χ4v) is 3.21. The van der Waals surface area contributed by atoms with Gasteiger partial charge in [-0.25, -0.2) is 4.39 Å². The van der Waals surface area contributed by atoms with E-state index in [0.29, 0.717) is 12.0 Å². The van der Waals surface area contributed by atoms with Crippen molar-refractivity contribution in [2.75, 3.05) is 11.4 Å². The highest BCUT2D eigenvalue weighted by atomic mass is 19.1. The van der Waals surface area contributed by atoms with Crippen LogP contribution in [-0.2, 0) is 0 Å². The Labute approximate surface area is 127 Å². The third-order valence-electron chi connectivity index (χ3n) is 4.37. The minimum absolute atomic E-state index is 0.185. The van der Waals surface area contributed by atoms with Crippen LogP contribution in [0.25, 0.3) is 0 Å². The molecule has 0 spiro atoms. The van der Waals surface area contributed by atoms with Crippen LogP contribution < -0.4 is 4.90 Å². The van der Waals surface area contributed by atoms with E-state index in [2.05, 4.69) is 18.7 Å². The van der Waals surface area contributed by atoms with Gasteiger partial charge in [0.1, 0.15) is 5.82 Å². The molecule has 0 atom stereocenters. The van der Waals surface area contributed by atoms with Gasteiger partial charge in [-0.15, -0.1) is 0 Å². The molecular formula is C18H26FNO. The number of anilines is 1. The molecule has 1 aromatic carbocycles. The second kappa shape index (κ2) is 7.06. The zero-order valence-corrected chi connectivity index (χ0v) is 13.4. The Balaban J connectivity index is 2.35. The van der Waals surface area contributed by atoms with Crippen molar-refractivity contribution < 1.29 is 9.18 Å². The van der Waals surface area contributed by atoms with Gasteiger partial charge in [0.15, 0.2) is 5.78 Å².